The third-order valence-corrected chi connectivity index (χ3v) is 5.20. The molecule has 6 heteroatoms. The Bertz CT molecular complexity index is 1010. The van der Waals surface area contributed by atoms with E-state index in [0.29, 0.717) is 29.8 Å². The van der Waals surface area contributed by atoms with Crippen LogP contribution in [0.25, 0.3) is 11.1 Å². The lowest BCUT2D eigenvalue weighted by Crippen LogP contribution is -2.13. The van der Waals surface area contributed by atoms with Crippen molar-refractivity contribution in [3.63, 3.8) is 0 Å². The molecular formula is C21H19BrF2N2O. The fraction of sp³-hybridized carbons (Fsp3) is 0.190. The van der Waals surface area contributed by atoms with Gasteiger partial charge in [0.25, 0.3) is 5.91 Å². The lowest BCUT2D eigenvalue weighted by atomic mass is 9.99. The van der Waals surface area contributed by atoms with Crippen LogP contribution >= 0.6 is 15.9 Å². The Labute approximate surface area is 164 Å². The van der Waals surface area contributed by atoms with Crippen molar-refractivity contribution in [2.24, 2.45) is 5.73 Å². The molecule has 3 rings (SSSR count). The molecule has 0 aliphatic carbocycles. The minimum Gasteiger partial charge on any atom is -0.366 e. The second kappa shape index (κ2) is 7.64. The third-order valence-electron chi connectivity index (χ3n) is 4.67. The average Bonchev–Trinajstić information content (AvgIpc) is 2.91. The Balaban J connectivity index is 2.19. The van der Waals surface area contributed by atoms with Gasteiger partial charge in [0.05, 0.1) is 5.56 Å². The molecule has 1 amide bonds. The van der Waals surface area contributed by atoms with Gasteiger partial charge >= 0.3 is 0 Å². The van der Waals surface area contributed by atoms with Crippen LogP contribution in [0, 0.1) is 18.6 Å². The van der Waals surface area contributed by atoms with Crippen LogP contribution in [0.2, 0.25) is 0 Å². The van der Waals surface area contributed by atoms with E-state index >= 15 is 0 Å². The van der Waals surface area contributed by atoms with Gasteiger partial charge in [-0.15, -0.1) is 0 Å². The SMILES string of the molecule is CCc1c(-c2ccc(Br)cc2)c(C(N)=O)c(C)n1Cc1ccc(F)c(F)c1. The number of amides is 1. The van der Waals surface area contributed by atoms with Crippen LogP contribution in [0.5, 0.6) is 0 Å². The highest BCUT2D eigenvalue weighted by atomic mass is 79.9. The number of nitrogens with two attached hydrogens (primary N) is 1. The number of rotatable bonds is 5. The van der Waals surface area contributed by atoms with E-state index < -0.39 is 17.5 Å². The summed E-state index contributed by atoms with van der Waals surface area (Å²) in [6, 6.07) is 11.5. The molecule has 140 valence electrons. The van der Waals surface area contributed by atoms with Gasteiger partial charge in [0.2, 0.25) is 0 Å². The summed E-state index contributed by atoms with van der Waals surface area (Å²) in [6.45, 7) is 4.13. The number of hydrogen-bond donors (Lipinski definition) is 1. The first kappa shape index (κ1) is 19.3. The summed E-state index contributed by atoms with van der Waals surface area (Å²) >= 11 is 3.41. The molecule has 0 radical (unpaired) electrons. The Morgan fingerprint density at radius 2 is 1.78 bits per heavy atom. The molecule has 1 heterocycles. The van der Waals surface area contributed by atoms with E-state index in [2.05, 4.69) is 15.9 Å². The molecule has 0 atom stereocenters. The number of benzene rings is 2. The van der Waals surface area contributed by atoms with Gasteiger partial charge in [-0.1, -0.05) is 41.1 Å². The minimum absolute atomic E-state index is 0.322. The smallest absolute Gasteiger partial charge is 0.251 e. The van der Waals surface area contributed by atoms with Gasteiger partial charge < -0.3 is 10.3 Å². The number of nitrogens with zero attached hydrogens (tertiary/aromatic N) is 1. The van der Waals surface area contributed by atoms with Crippen LogP contribution in [-0.2, 0) is 13.0 Å². The fourth-order valence-electron chi connectivity index (χ4n) is 3.43. The molecule has 0 fully saturated rings. The first-order valence-electron chi connectivity index (χ1n) is 8.55. The highest BCUT2D eigenvalue weighted by molar-refractivity contribution is 9.10. The van der Waals surface area contributed by atoms with Crippen molar-refractivity contribution in [1.29, 1.82) is 0 Å². The van der Waals surface area contributed by atoms with Crippen molar-refractivity contribution in [2.45, 2.75) is 26.8 Å². The molecule has 1 aromatic heterocycles. The maximum atomic E-state index is 13.6. The van der Waals surface area contributed by atoms with Crippen molar-refractivity contribution < 1.29 is 13.6 Å². The molecule has 27 heavy (non-hydrogen) atoms. The van der Waals surface area contributed by atoms with Gasteiger partial charge in [0.1, 0.15) is 0 Å². The predicted octanol–water partition coefficient (Wildman–Crippen LogP) is 5.21. The van der Waals surface area contributed by atoms with E-state index in [1.54, 1.807) is 6.07 Å². The number of aromatic nitrogens is 1. The molecule has 0 bridgehead atoms. The molecular weight excluding hydrogens is 414 g/mol. The second-order valence-electron chi connectivity index (χ2n) is 6.34. The monoisotopic (exact) mass is 432 g/mol. The summed E-state index contributed by atoms with van der Waals surface area (Å²) in [5.74, 6) is -2.28. The maximum absolute atomic E-state index is 13.6. The molecule has 0 aliphatic heterocycles. The van der Waals surface area contributed by atoms with Crippen LogP contribution in [0.1, 0.15) is 34.2 Å². The lowest BCUT2D eigenvalue weighted by Gasteiger charge is -2.12. The molecule has 0 unspecified atom stereocenters. The Morgan fingerprint density at radius 3 is 2.33 bits per heavy atom. The Kier molecular flexibility index (Phi) is 5.46. The van der Waals surface area contributed by atoms with E-state index in [4.69, 9.17) is 5.73 Å². The van der Waals surface area contributed by atoms with Crippen molar-refractivity contribution in [3.05, 3.63) is 81.1 Å². The van der Waals surface area contributed by atoms with Crippen LogP contribution in [-0.4, -0.2) is 10.5 Å². The van der Waals surface area contributed by atoms with Crippen LogP contribution in [0.15, 0.2) is 46.9 Å². The predicted molar refractivity (Wildman–Crippen MR) is 106 cm³/mol. The summed E-state index contributed by atoms with van der Waals surface area (Å²) in [5.41, 5.74) is 10.1. The average molecular weight is 433 g/mol. The highest BCUT2D eigenvalue weighted by Crippen LogP contribution is 2.34. The van der Waals surface area contributed by atoms with E-state index in [0.717, 1.165) is 27.4 Å². The van der Waals surface area contributed by atoms with Crippen LogP contribution < -0.4 is 5.73 Å². The van der Waals surface area contributed by atoms with Gasteiger partial charge in [-0.25, -0.2) is 8.78 Å². The van der Waals surface area contributed by atoms with Gasteiger partial charge in [-0.2, -0.15) is 0 Å². The largest absolute Gasteiger partial charge is 0.366 e. The normalized spacial score (nSPS) is 11.0. The quantitative estimate of drug-likeness (QED) is 0.590. The lowest BCUT2D eigenvalue weighted by molar-refractivity contribution is 0.1000. The molecule has 3 aromatic rings. The summed E-state index contributed by atoms with van der Waals surface area (Å²) in [7, 11) is 0. The fourth-order valence-corrected chi connectivity index (χ4v) is 3.69. The zero-order chi connectivity index (χ0) is 19.7. The van der Waals surface area contributed by atoms with Gasteiger partial charge in [-0.05, 0) is 48.7 Å². The maximum Gasteiger partial charge on any atom is 0.251 e. The summed E-state index contributed by atoms with van der Waals surface area (Å²) in [6.07, 6.45) is 0.656. The Hall–Kier alpha value is -2.47. The zero-order valence-electron chi connectivity index (χ0n) is 15.0. The van der Waals surface area contributed by atoms with Crippen LogP contribution in [0.4, 0.5) is 8.78 Å². The first-order chi connectivity index (χ1) is 12.8. The topological polar surface area (TPSA) is 48.0 Å². The van der Waals surface area contributed by atoms with E-state index in [-0.39, 0.29) is 0 Å². The van der Waals surface area contributed by atoms with Gasteiger partial charge in [0.15, 0.2) is 11.6 Å². The van der Waals surface area contributed by atoms with Gasteiger partial charge in [0, 0.05) is 28.0 Å². The van der Waals surface area contributed by atoms with E-state index in [1.807, 2.05) is 42.7 Å². The van der Waals surface area contributed by atoms with Crippen molar-refractivity contribution in [2.75, 3.05) is 0 Å². The minimum atomic E-state index is -0.890. The first-order valence-corrected chi connectivity index (χ1v) is 9.34. The van der Waals surface area contributed by atoms with Crippen molar-refractivity contribution >= 4 is 21.8 Å². The summed E-state index contributed by atoms with van der Waals surface area (Å²) in [5, 5.41) is 0. The van der Waals surface area contributed by atoms with Crippen molar-refractivity contribution in [1.82, 2.24) is 4.57 Å². The molecule has 0 saturated heterocycles. The standard InChI is InChI=1S/C21H19BrF2N2O/c1-3-18-20(14-5-7-15(22)8-6-14)19(21(25)27)12(2)26(18)11-13-4-9-16(23)17(24)10-13/h4-10H,3,11H2,1-2H3,(H2,25,27). The third kappa shape index (κ3) is 3.67. The number of carbonyl (C=O) groups excluding carboxylic acids is 1. The van der Waals surface area contributed by atoms with Gasteiger partial charge in [-0.3, -0.25) is 4.79 Å². The summed E-state index contributed by atoms with van der Waals surface area (Å²) in [4.78, 5) is 12.2. The molecule has 2 N–H and O–H groups in total. The zero-order valence-corrected chi connectivity index (χ0v) is 16.6. The number of hydrogen-bond acceptors (Lipinski definition) is 1. The molecule has 0 aliphatic rings. The molecule has 0 spiro atoms. The van der Waals surface area contributed by atoms with E-state index in [1.165, 1.54) is 6.07 Å². The molecule has 2 aromatic carbocycles. The number of carbonyl (C=O) groups is 1. The molecule has 0 saturated carbocycles. The van der Waals surface area contributed by atoms with Crippen LogP contribution in [0.3, 0.4) is 0 Å². The number of halogens is 3. The molecule has 3 nitrogen and oxygen atoms in total. The second-order valence-corrected chi connectivity index (χ2v) is 7.26. The Morgan fingerprint density at radius 1 is 1.11 bits per heavy atom. The van der Waals surface area contributed by atoms with Crippen molar-refractivity contribution in [3.8, 4) is 11.1 Å². The number of primary amides is 1. The summed E-state index contributed by atoms with van der Waals surface area (Å²) < 4.78 is 29.7. The highest BCUT2D eigenvalue weighted by Gasteiger charge is 2.24. The van der Waals surface area contributed by atoms with E-state index in [9.17, 15) is 13.6 Å².